The maximum absolute atomic E-state index is 10.6. The van der Waals surface area contributed by atoms with Crippen LogP contribution in [0.15, 0.2) is 24.3 Å². The monoisotopic (exact) mass is 376 g/mol. The summed E-state index contributed by atoms with van der Waals surface area (Å²) in [7, 11) is 1.71. The van der Waals surface area contributed by atoms with Crippen LogP contribution in [0.2, 0.25) is 0 Å². The highest BCUT2D eigenvalue weighted by atomic mass is 16.5. The van der Waals surface area contributed by atoms with Gasteiger partial charge in [0, 0.05) is 57.0 Å². The normalized spacial score (nSPS) is 27.9. The van der Waals surface area contributed by atoms with Gasteiger partial charge in [0.1, 0.15) is 0 Å². The van der Waals surface area contributed by atoms with Crippen molar-refractivity contribution in [2.24, 2.45) is 5.41 Å². The molecule has 2 N–H and O–H groups in total. The van der Waals surface area contributed by atoms with Gasteiger partial charge >= 0.3 is 0 Å². The van der Waals surface area contributed by atoms with Crippen molar-refractivity contribution >= 4 is 5.69 Å². The van der Waals surface area contributed by atoms with Gasteiger partial charge in [-0.25, -0.2) is 0 Å². The molecule has 0 aromatic heterocycles. The lowest BCUT2D eigenvalue weighted by atomic mass is 9.74. The fourth-order valence-corrected chi connectivity index (χ4v) is 4.93. The quantitative estimate of drug-likeness (QED) is 0.716. The Hall–Kier alpha value is -1.14. The molecule has 0 amide bonds. The number of rotatable bonds is 7. The van der Waals surface area contributed by atoms with Gasteiger partial charge in [0.25, 0.3) is 0 Å². The Morgan fingerprint density at radius 3 is 2.56 bits per heavy atom. The zero-order valence-corrected chi connectivity index (χ0v) is 16.9. The molecule has 2 aliphatic rings. The minimum Gasteiger partial charge on any atom is -0.396 e. The average molecular weight is 377 g/mol. The Kier molecular flexibility index (Phi) is 7.15. The van der Waals surface area contributed by atoms with Crippen molar-refractivity contribution in [2.45, 2.75) is 51.2 Å². The summed E-state index contributed by atoms with van der Waals surface area (Å²) < 4.78 is 5.18. The molecule has 1 aromatic carbocycles. The maximum atomic E-state index is 10.6. The van der Waals surface area contributed by atoms with Crippen LogP contribution in [-0.2, 0) is 4.74 Å². The van der Waals surface area contributed by atoms with Crippen molar-refractivity contribution in [3.05, 3.63) is 29.8 Å². The summed E-state index contributed by atoms with van der Waals surface area (Å²) in [5.74, 6) is 0. The number of aryl methyl sites for hydroxylation is 1. The van der Waals surface area contributed by atoms with Gasteiger partial charge in [-0.05, 0) is 50.7 Å². The summed E-state index contributed by atoms with van der Waals surface area (Å²) in [6.45, 7) is 6.79. The molecule has 5 heteroatoms. The number of nitrogens with zero attached hydrogens (tertiary/aromatic N) is 2. The molecule has 3 rings (SSSR count). The van der Waals surface area contributed by atoms with Gasteiger partial charge in [0.2, 0.25) is 0 Å². The molecule has 2 saturated heterocycles. The predicted octanol–water partition coefficient (Wildman–Crippen LogP) is 2.44. The maximum Gasteiger partial charge on any atom is 0.0642 e. The van der Waals surface area contributed by atoms with Crippen LogP contribution >= 0.6 is 0 Å². The van der Waals surface area contributed by atoms with Crippen molar-refractivity contribution in [3.8, 4) is 0 Å². The van der Waals surface area contributed by atoms with Crippen LogP contribution in [0.1, 0.15) is 37.7 Å². The van der Waals surface area contributed by atoms with Crippen molar-refractivity contribution in [1.82, 2.24) is 4.90 Å². The van der Waals surface area contributed by atoms with Crippen molar-refractivity contribution in [3.63, 3.8) is 0 Å². The number of hydrogen-bond acceptors (Lipinski definition) is 5. The molecule has 0 aliphatic carbocycles. The first kappa shape index (κ1) is 20.6. The summed E-state index contributed by atoms with van der Waals surface area (Å²) in [6.07, 6.45) is 4.33. The molecule has 0 unspecified atom stereocenters. The Balaban J connectivity index is 1.59. The average Bonchev–Trinajstić information content (AvgIpc) is 2.70. The first-order valence-electron chi connectivity index (χ1n) is 10.4. The van der Waals surface area contributed by atoms with Gasteiger partial charge in [-0.2, -0.15) is 0 Å². The summed E-state index contributed by atoms with van der Waals surface area (Å²) in [4.78, 5) is 5.04. The van der Waals surface area contributed by atoms with Crippen molar-refractivity contribution in [2.75, 3.05) is 51.4 Å². The molecule has 2 heterocycles. The molecule has 0 radical (unpaired) electrons. The number of para-hydroxylation sites is 1. The predicted molar refractivity (Wildman–Crippen MR) is 109 cm³/mol. The van der Waals surface area contributed by atoms with Gasteiger partial charge < -0.3 is 19.8 Å². The summed E-state index contributed by atoms with van der Waals surface area (Å²) >= 11 is 0. The van der Waals surface area contributed by atoms with Gasteiger partial charge in [0.15, 0.2) is 0 Å². The van der Waals surface area contributed by atoms with Crippen LogP contribution in [-0.4, -0.2) is 73.8 Å². The molecule has 0 bridgehead atoms. The zero-order valence-electron chi connectivity index (χ0n) is 16.9. The van der Waals surface area contributed by atoms with Gasteiger partial charge in [-0.3, -0.25) is 4.90 Å². The lowest BCUT2D eigenvalue weighted by Crippen LogP contribution is -2.58. The number of benzene rings is 1. The third-order valence-electron chi connectivity index (χ3n) is 6.69. The van der Waals surface area contributed by atoms with Gasteiger partial charge in [0.05, 0.1) is 12.7 Å². The number of ether oxygens (including phenoxy) is 1. The molecule has 2 atom stereocenters. The van der Waals surface area contributed by atoms with E-state index in [9.17, 15) is 10.2 Å². The zero-order chi connectivity index (χ0) is 19.3. The highest BCUT2D eigenvalue weighted by molar-refractivity contribution is 5.53. The van der Waals surface area contributed by atoms with Crippen molar-refractivity contribution < 1.29 is 14.9 Å². The van der Waals surface area contributed by atoms with E-state index in [2.05, 4.69) is 41.0 Å². The van der Waals surface area contributed by atoms with Crippen LogP contribution in [0.3, 0.4) is 0 Å². The van der Waals surface area contributed by atoms with E-state index in [4.69, 9.17) is 4.74 Å². The van der Waals surface area contributed by atoms with E-state index in [1.165, 1.54) is 11.3 Å². The molecule has 5 nitrogen and oxygen atoms in total. The van der Waals surface area contributed by atoms with E-state index in [0.29, 0.717) is 12.6 Å². The van der Waals surface area contributed by atoms with E-state index >= 15 is 0 Å². The fraction of sp³-hybridized carbons (Fsp3) is 0.727. The Morgan fingerprint density at radius 1 is 1.15 bits per heavy atom. The van der Waals surface area contributed by atoms with Crippen LogP contribution in [0.25, 0.3) is 0 Å². The second-order valence-corrected chi connectivity index (χ2v) is 8.40. The topological polar surface area (TPSA) is 56.2 Å². The standard InChI is InChI=1S/C22H36N2O3/c1-18-6-3-4-7-20(18)23-12-8-19(9-13-23)24-14-10-21(26)22(16-24,17-25)11-5-15-27-2/h3-4,6-7,19,21,25-26H,5,8-17H2,1-2H3/t21-,22+/m1/s1. The third kappa shape index (κ3) is 4.65. The lowest BCUT2D eigenvalue weighted by Gasteiger charge is -2.49. The Bertz CT molecular complexity index is 589. The molecule has 27 heavy (non-hydrogen) atoms. The van der Waals surface area contributed by atoms with Crippen LogP contribution < -0.4 is 4.90 Å². The number of hydrogen-bond donors (Lipinski definition) is 2. The summed E-state index contributed by atoms with van der Waals surface area (Å²) in [5.41, 5.74) is 2.30. The Labute approximate surface area is 163 Å². The number of anilines is 1. The Morgan fingerprint density at radius 2 is 1.89 bits per heavy atom. The fourth-order valence-electron chi connectivity index (χ4n) is 4.93. The van der Waals surface area contributed by atoms with Gasteiger partial charge in [-0.1, -0.05) is 18.2 Å². The smallest absolute Gasteiger partial charge is 0.0642 e. The van der Waals surface area contributed by atoms with Crippen molar-refractivity contribution in [1.29, 1.82) is 0 Å². The van der Waals surface area contributed by atoms with Crippen LogP contribution in [0, 0.1) is 12.3 Å². The number of methoxy groups -OCH3 is 1. The molecule has 2 fully saturated rings. The van der Waals surface area contributed by atoms with E-state index in [-0.39, 0.29) is 6.61 Å². The summed E-state index contributed by atoms with van der Waals surface area (Å²) in [5, 5.41) is 20.7. The summed E-state index contributed by atoms with van der Waals surface area (Å²) in [6, 6.07) is 9.17. The first-order chi connectivity index (χ1) is 13.1. The molecule has 152 valence electrons. The second kappa shape index (κ2) is 9.37. The molecule has 2 aliphatic heterocycles. The molecule has 0 saturated carbocycles. The molecule has 1 aromatic rings. The number of aliphatic hydroxyl groups is 2. The largest absolute Gasteiger partial charge is 0.396 e. The minimum atomic E-state index is -0.414. The highest BCUT2D eigenvalue weighted by Crippen LogP contribution is 2.37. The van der Waals surface area contributed by atoms with Crippen LogP contribution in [0.5, 0.6) is 0 Å². The molecule has 0 spiro atoms. The third-order valence-corrected chi connectivity index (χ3v) is 6.69. The van der Waals surface area contributed by atoms with E-state index < -0.39 is 11.5 Å². The van der Waals surface area contributed by atoms with E-state index in [1.54, 1.807) is 7.11 Å². The molecular formula is C22H36N2O3. The highest BCUT2D eigenvalue weighted by Gasteiger charge is 2.43. The second-order valence-electron chi connectivity index (χ2n) is 8.40. The number of aliphatic hydroxyl groups excluding tert-OH is 2. The van der Waals surface area contributed by atoms with E-state index in [0.717, 1.165) is 58.3 Å². The lowest BCUT2D eigenvalue weighted by molar-refractivity contribution is -0.0932. The SMILES string of the molecule is COCCC[C@@]1(CO)CN(C2CCN(c3ccccc3C)CC2)CC[C@H]1O. The number of likely N-dealkylation sites (tertiary alicyclic amines) is 1. The number of piperidine rings is 2. The first-order valence-corrected chi connectivity index (χ1v) is 10.4. The van der Waals surface area contributed by atoms with Crippen LogP contribution in [0.4, 0.5) is 5.69 Å². The van der Waals surface area contributed by atoms with E-state index in [1.807, 2.05) is 0 Å². The molecular weight excluding hydrogens is 340 g/mol. The van der Waals surface area contributed by atoms with Gasteiger partial charge in [-0.15, -0.1) is 0 Å². The minimum absolute atomic E-state index is 0.0520.